The molecule has 0 amide bonds. The molecule has 0 aliphatic carbocycles. The Hall–Kier alpha value is -2.55. The molecule has 0 saturated heterocycles. The van der Waals surface area contributed by atoms with E-state index in [1.807, 2.05) is 11.6 Å². The number of nitrogens with one attached hydrogen (secondary N) is 1. The summed E-state index contributed by atoms with van der Waals surface area (Å²) in [5.41, 5.74) is 0.812. The number of hydrogen-bond donors (Lipinski definition) is 1. The second-order valence-corrected chi connectivity index (χ2v) is 6.50. The van der Waals surface area contributed by atoms with E-state index in [-0.39, 0.29) is 5.69 Å². The SMILES string of the molecule is CC(C)c1nnc(CNc2nc3ccc([N+](=O)[O-])cc3s2)n1C. The fourth-order valence-corrected chi connectivity index (χ4v) is 3.18. The second-order valence-electron chi connectivity index (χ2n) is 5.47. The van der Waals surface area contributed by atoms with E-state index in [9.17, 15) is 10.1 Å². The lowest BCUT2D eigenvalue weighted by molar-refractivity contribution is -0.384. The van der Waals surface area contributed by atoms with Crippen molar-refractivity contribution < 1.29 is 4.92 Å². The Kier molecular flexibility index (Phi) is 3.95. The van der Waals surface area contributed by atoms with Gasteiger partial charge in [0.2, 0.25) is 0 Å². The predicted molar refractivity (Wildman–Crippen MR) is 88.7 cm³/mol. The van der Waals surface area contributed by atoms with Crippen LogP contribution in [0.4, 0.5) is 10.8 Å². The smallest absolute Gasteiger partial charge is 0.270 e. The number of nitrogens with zero attached hydrogens (tertiary/aromatic N) is 5. The number of nitro benzene ring substituents is 1. The van der Waals surface area contributed by atoms with Crippen molar-refractivity contribution in [3.8, 4) is 0 Å². The summed E-state index contributed by atoms with van der Waals surface area (Å²) >= 11 is 1.38. The zero-order chi connectivity index (χ0) is 16.6. The number of fused-ring (bicyclic) bond motifs is 1. The van der Waals surface area contributed by atoms with Gasteiger partial charge in [0, 0.05) is 25.1 Å². The first kappa shape index (κ1) is 15.3. The Morgan fingerprint density at radius 1 is 1.39 bits per heavy atom. The summed E-state index contributed by atoms with van der Waals surface area (Å²) in [5, 5.41) is 23.1. The standard InChI is InChI=1S/C14H16N6O2S/c1-8(2)13-18-17-12(19(13)3)7-15-14-16-10-5-4-9(20(21)22)6-11(10)23-14/h4-6,8H,7H2,1-3H3,(H,15,16). The quantitative estimate of drug-likeness (QED) is 0.569. The van der Waals surface area contributed by atoms with Crippen LogP contribution in [0.3, 0.4) is 0 Å². The third kappa shape index (κ3) is 3.00. The molecule has 0 spiro atoms. The molecule has 120 valence electrons. The van der Waals surface area contributed by atoms with Crippen molar-refractivity contribution in [1.29, 1.82) is 0 Å². The van der Waals surface area contributed by atoms with Crippen molar-refractivity contribution in [2.75, 3.05) is 5.32 Å². The fourth-order valence-electron chi connectivity index (χ4n) is 2.29. The van der Waals surface area contributed by atoms with Gasteiger partial charge in [0.25, 0.3) is 5.69 Å². The minimum atomic E-state index is -0.404. The molecule has 2 aromatic heterocycles. The van der Waals surface area contributed by atoms with Crippen LogP contribution in [0.15, 0.2) is 18.2 Å². The van der Waals surface area contributed by atoms with Gasteiger partial charge in [0.05, 0.1) is 21.7 Å². The molecule has 0 aliphatic rings. The van der Waals surface area contributed by atoms with Crippen LogP contribution in [0, 0.1) is 10.1 Å². The monoisotopic (exact) mass is 332 g/mol. The fraction of sp³-hybridized carbons (Fsp3) is 0.357. The molecule has 8 nitrogen and oxygen atoms in total. The van der Waals surface area contributed by atoms with Crippen LogP contribution < -0.4 is 5.32 Å². The van der Waals surface area contributed by atoms with Gasteiger partial charge in [0.15, 0.2) is 11.0 Å². The van der Waals surface area contributed by atoms with E-state index in [1.54, 1.807) is 6.07 Å². The summed E-state index contributed by atoms with van der Waals surface area (Å²) in [5.74, 6) is 2.06. The maximum Gasteiger partial charge on any atom is 0.270 e. The van der Waals surface area contributed by atoms with Crippen LogP contribution in [0.25, 0.3) is 10.2 Å². The third-order valence-corrected chi connectivity index (χ3v) is 4.47. The van der Waals surface area contributed by atoms with Gasteiger partial charge in [-0.1, -0.05) is 25.2 Å². The Balaban J connectivity index is 1.78. The Bertz CT molecular complexity index is 869. The van der Waals surface area contributed by atoms with Crippen LogP contribution in [-0.2, 0) is 13.6 Å². The first-order valence-corrected chi connectivity index (χ1v) is 7.94. The molecule has 0 aliphatic heterocycles. The van der Waals surface area contributed by atoms with Crippen LogP contribution in [0.5, 0.6) is 0 Å². The average Bonchev–Trinajstić information content (AvgIpc) is 3.07. The second kappa shape index (κ2) is 5.92. The zero-order valence-electron chi connectivity index (χ0n) is 13.0. The first-order chi connectivity index (χ1) is 11.0. The lowest BCUT2D eigenvalue weighted by atomic mass is 10.2. The Labute approximate surface area is 136 Å². The Morgan fingerprint density at radius 3 is 2.83 bits per heavy atom. The van der Waals surface area contributed by atoms with E-state index in [0.717, 1.165) is 21.9 Å². The summed E-state index contributed by atoms with van der Waals surface area (Å²) in [6, 6.07) is 4.66. The number of hydrogen-bond acceptors (Lipinski definition) is 7. The molecule has 0 fully saturated rings. The normalized spacial score (nSPS) is 11.3. The van der Waals surface area contributed by atoms with Crippen molar-refractivity contribution in [3.05, 3.63) is 40.0 Å². The van der Waals surface area contributed by atoms with Crippen LogP contribution in [0.1, 0.15) is 31.4 Å². The minimum absolute atomic E-state index is 0.0718. The van der Waals surface area contributed by atoms with Gasteiger partial charge in [-0.3, -0.25) is 10.1 Å². The Morgan fingerprint density at radius 2 is 2.17 bits per heavy atom. The van der Waals surface area contributed by atoms with Gasteiger partial charge in [-0.05, 0) is 6.07 Å². The molecular formula is C14H16N6O2S. The number of non-ortho nitro benzene ring substituents is 1. The molecule has 0 bridgehead atoms. The summed E-state index contributed by atoms with van der Waals surface area (Å²) in [4.78, 5) is 14.8. The minimum Gasteiger partial charge on any atom is -0.354 e. The van der Waals surface area contributed by atoms with Gasteiger partial charge in [-0.15, -0.1) is 10.2 Å². The van der Waals surface area contributed by atoms with E-state index in [2.05, 4.69) is 34.3 Å². The number of benzene rings is 1. The lowest BCUT2D eigenvalue weighted by Gasteiger charge is -2.06. The largest absolute Gasteiger partial charge is 0.354 e. The molecule has 2 heterocycles. The third-order valence-electron chi connectivity index (χ3n) is 3.50. The lowest BCUT2D eigenvalue weighted by Crippen LogP contribution is -2.08. The van der Waals surface area contributed by atoms with Gasteiger partial charge < -0.3 is 9.88 Å². The van der Waals surface area contributed by atoms with E-state index >= 15 is 0 Å². The molecule has 0 saturated carbocycles. The van der Waals surface area contributed by atoms with Crippen molar-refractivity contribution in [1.82, 2.24) is 19.7 Å². The van der Waals surface area contributed by atoms with Crippen LogP contribution in [-0.4, -0.2) is 24.7 Å². The topological polar surface area (TPSA) is 98.8 Å². The predicted octanol–water partition coefficient (Wildman–Crippen LogP) is 3.07. The maximum atomic E-state index is 10.8. The van der Waals surface area contributed by atoms with E-state index < -0.39 is 4.92 Å². The van der Waals surface area contributed by atoms with Gasteiger partial charge in [0.1, 0.15) is 5.82 Å². The molecule has 23 heavy (non-hydrogen) atoms. The molecule has 3 aromatic rings. The van der Waals surface area contributed by atoms with E-state index in [0.29, 0.717) is 17.6 Å². The van der Waals surface area contributed by atoms with E-state index in [1.165, 1.54) is 23.5 Å². The molecule has 0 unspecified atom stereocenters. The number of rotatable bonds is 5. The van der Waals surface area contributed by atoms with Crippen LogP contribution in [0.2, 0.25) is 0 Å². The number of anilines is 1. The molecule has 0 radical (unpaired) electrons. The molecule has 0 atom stereocenters. The van der Waals surface area contributed by atoms with Crippen molar-refractivity contribution in [2.45, 2.75) is 26.3 Å². The summed E-state index contributed by atoms with van der Waals surface area (Å²) in [7, 11) is 1.94. The summed E-state index contributed by atoms with van der Waals surface area (Å²) < 4.78 is 2.75. The molecule has 1 N–H and O–H groups in total. The highest BCUT2D eigenvalue weighted by molar-refractivity contribution is 7.22. The zero-order valence-corrected chi connectivity index (χ0v) is 13.8. The summed E-state index contributed by atoms with van der Waals surface area (Å²) in [6.07, 6.45) is 0. The van der Waals surface area contributed by atoms with Crippen molar-refractivity contribution in [2.24, 2.45) is 7.05 Å². The first-order valence-electron chi connectivity index (χ1n) is 7.12. The highest BCUT2D eigenvalue weighted by Gasteiger charge is 2.13. The molecule has 3 rings (SSSR count). The van der Waals surface area contributed by atoms with Gasteiger partial charge in [-0.2, -0.15) is 0 Å². The molecule has 1 aromatic carbocycles. The van der Waals surface area contributed by atoms with Gasteiger partial charge in [-0.25, -0.2) is 4.98 Å². The van der Waals surface area contributed by atoms with Crippen LogP contribution >= 0.6 is 11.3 Å². The van der Waals surface area contributed by atoms with Crippen molar-refractivity contribution in [3.63, 3.8) is 0 Å². The van der Waals surface area contributed by atoms with E-state index in [4.69, 9.17) is 0 Å². The molecular weight excluding hydrogens is 316 g/mol. The average molecular weight is 332 g/mol. The molecule has 9 heteroatoms. The highest BCUT2D eigenvalue weighted by atomic mass is 32.1. The number of nitro groups is 1. The van der Waals surface area contributed by atoms with Crippen molar-refractivity contribution >= 4 is 32.4 Å². The van der Waals surface area contributed by atoms with Gasteiger partial charge >= 0.3 is 0 Å². The number of thiazole rings is 1. The summed E-state index contributed by atoms with van der Waals surface area (Å²) in [6.45, 7) is 4.64. The number of aromatic nitrogens is 4. The maximum absolute atomic E-state index is 10.8. The highest BCUT2D eigenvalue weighted by Crippen LogP contribution is 2.29.